The molecule has 1 N–H and O–H groups in total. The van der Waals surface area contributed by atoms with E-state index in [1.54, 1.807) is 12.1 Å². The molecule has 18 heavy (non-hydrogen) atoms. The van der Waals surface area contributed by atoms with E-state index in [0.717, 1.165) is 4.47 Å². The highest BCUT2D eigenvalue weighted by Gasteiger charge is 2.12. The van der Waals surface area contributed by atoms with Crippen LogP contribution < -0.4 is 5.32 Å². The predicted octanol–water partition coefficient (Wildman–Crippen LogP) is 2.42. The monoisotopic (exact) mass is 310 g/mol. The van der Waals surface area contributed by atoms with Gasteiger partial charge in [-0.05, 0) is 28.1 Å². The van der Waals surface area contributed by atoms with Crippen molar-refractivity contribution in [3.63, 3.8) is 0 Å². The fourth-order valence-corrected chi connectivity index (χ4v) is 1.77. The number of carbonyl (C=O) groups excluding carboxylic acids is 2. The lowest BCUT2D eigenvalue weighted by atomic mass is 10.3. The fourth-order valence-electron chi connectivity index (χ4n) is 1.39. The van der Waals surface area contributed by atoms with Gasteiger partial charge < -0.3 is 10.2 Å². The van der Waals surface area contributed by atoms with Crippen molar-refractivity contribution in [2.75, 3.05) is 18.4 Å². The average Bonchev–Trinajstić information content (AvgIpc) is 2.31. The lowest BCUT2D eigenvalue weighted by Crippen LogP contribution is -2.36. The summed E-state index contributed by atoms with van der Waals surface area (Å²) in [6.07, 6.45) is 1.59. The van der Waals surface area contributed by atoms with Crippen LogP contribution in [-0.2, 0) is 9.59 Å². The predicted molar refractivity (Wildman–Crippen MR) is 75.2 cm³/mol. The van der Waals surface area contributed by atoms with Gasteiger partial charge in [0, 0.05) is 17.9 Å². The number of nitrogens with one attached hydrogen (secondary N) is 1. The van der Waals surface area contributed by atoms with E-state index in [2.05, 4.69) is 27.8 Å². The molecule has 4 nitrogen and oxygen atoms in total. The van der Waals surface area contributed by atoms with Crippen LogP contribution in [0, 0.1) is 0 Å². The van der Waals surface area contributed by atoms with Gasteiger partial charge in [0.1, 0.15) is 6.54 Å². The highest BCUT2D eigenvalue weighted by atomic mass is 79.9. The Hall–Kier alpha value is -1.62. The summed E-state index contributed by atoms with van der Waals surface area (Å²) in [7, 11) is 0. The van der Waals surface area contributed by atoms with E-state index < -0.39 is 0 Å². The molecular formula is C13H15BrN2O2. The van der Waals surface area contributed by atoms with Crippen molar-refractivity contribution in [2.24, 2.45) is 0 Å². The number of amides is 2. The molecule has 0 aliphatic carbocycles. The molecule has 0 fully saturated rings. The molecule has 0 bridgehead atoms. The Balaban J connectivity index is 2.63. The minimum absolute atomic E-state index is 0.0166. The first kappa shape index (κ1) is 14.4. The Labute approximate surface area is 115 Å². The molecule has 0 unspecified atom stereocenters. The normalized spacial score (nSPS) is 9.67. The maximum Gasteiger partial charge on any atom is 0.244 e. The van der Waals surface area contributed by atoms with Crippen LogP contribution in [0.5, 0.6) is 0 Å². The first-order valence-electron chi connectivity index (χ1n) is 5.45. The lowest BCUT2D eigenvalue weighted by molar-refractivity contribution is -0.132. The summed E-state index contributed by atoms with van der Waals surface area (Å²) in [5.41, 5.74) is 0.685. The van der Waals surface area contributed by atoms with Crippen molar-refractivity contribution in [3.05, 3.63) is 41.4 Å². The number of hydrogen-bond donors (Lipinski definition) is 1. The molecule has 0 saturated carbocycles. The zero-order chi connectivity index (χ0) is 13.5. The number of hydrogen-bond acceptors (Lipinski definition) is 2. The second kappa shape index (κ2) is 6.96. The van der Waals surface area contributed by atoms with Crippen LogP contribution in [0.3, 0.4) is 0 Å². The van der Waals surface area contributed by atoms with Gasteiger partial charge in [-0.3, -0.25) is 9.59 Å². The van der Waals surface area contributed by atoms with Gasteiger partial charge in [-0.25, -0.2) is 0 Å². The van der Waals surface area contributed by atoms with Gasteiger partial charge in [0.05, 0.1) is 5.69 Å². The molecule has 1 aromatic rings. The Morgan fingerprint density at radius 1 is 1.44 bits per heavy atom. The number of halogens is 1. The van der Waals surface area contributed by atoms with Crippen molar-refractivity contribution in [2.45, 2.75) is 6.92 Å². The first-order valence-corrected chi connectivity index (χ1v) is 6.24. The van der Waals surface area contributed by atoms with E-state index in [0.29, 0.717) is 12.2 Å². The number of carbonyl (C=O) groups is 2. The lowest BCUT2D eigenvalue weighted by Gasteiger charge is -2.18. The van der Waals surface area contributed by atoms with E-state index in [1.165, 1.54) is 11.8 Å². The van der Waals surface area contributed by atoms with E-state index in [-0.39, 0.29) is 18.4 Å². The number of anilines is 1. The highest BCUT2D eigenvalue weighted by Crippen LogP contribution is 2.20. The SMILES string of the molecule is C=CCN(CC(=O)Nc1ccccc1Br)C(C)=O. The van der Waals surface area contributed by atoms with Crippen LogP contribution in [0.25, 0.3) is 0 Å². The zero-order valence-corrected chi connectivity index (χ0v) is 11.7. The van der Waals surface area contributed by atoms with E-state index >= 15 is 0 Å². The minimum Gasteiger partial charge on any atom is -0.330 e. The van der Waals surface area contributed by atoms with E-state index in [1.807, 2.05) is 18.2 Å². The zero-order valence-electron chi connectivity index (χ0n) is 10.1. The summed E-state index contributed by atoms with van der Waals surface area (Å²) in [6.45, 7) is 5.36. The quantitative estimate of drug-likeness (QED) is 0.849. The Morgan fingerprint density at radius 2 is 2.11 bits per heavy atom. The second-order valence-electron chi connectivity index (χ2n) is 3.72. The molecule has 0 aromatic heterocycles. The fraction of sp³-hybridized carbons (Fsp3) is 0.231. The van der Waals surface area contributed by atoms with Gasteiger partial charge >= 0.3 is 0 Å². The molecule has 0 heterocycles. The molecule has 5 heteroatoms. The molecule has 0 radical (unpaired) electrons. The molecule has 0 saturated heterocycles. The Bertz CT molecular complexity index is 460. The summed E-state index contributed by atoms with van der Waals surface area (Å²) < 4.78 is 0.802. The Kier molecular flexibility index (Phi) is 5.58. The highest BCUT2D eigenvalue weighted by molar-refractivity contribution is 9.10. The molecule has 0 aliphatic rings. The summed E-state index contributed by atoms with van der Waals surface area (Å²) in [5.74, 6) is -0.392. The van der Waals surface area contributed by atoms with Gasteiger partial charge in [0.2, 0.25) is 11.8 Å². The molecule has 0 aliphatic heterocycles. The minimum atomic E-state index is -0.237. The standard InChI is InChI=1S/C13H15BrN2O2/c1-3-8-16(10(2)17)9-13(18)15-12-7-5-4-6-11(12)14/h3-7H,1,8-9H2,2H3,(H,15,18). The van der Waals surface area contributed by atoms with Crippen LogP contribution in [0.1, 0.15) is 6.92 Å². The largest absolute Gasteiger partial charge is 0.330 e. The van der Waals surface area contributed by atoms with Crippen molar-refractivity contribution in [1.82, 2.24) is 4.90 Å². The smallest absolute Gasteiger partial charge is 0.244 e. The number of benzene rings is 1. The van der Waals surface area contributed by atoms with Gasteiger partial charge in [0.15, 0.2) is 0 Å². The number of para-hydroxylation sites is 1. The van der Waals surface area contributed by atoms with E-state index in [4.69, 9.17) is 0 Å². The number of rotatable bonds is 5. The summed E-state index contributed by atoms with van der Waals surface area (Å²) in [5, 5.41) is 2.74. The second-order valence-corrected chi connectivity index (χ2v) is 4.57. The molecule has 0 atom stereocenters. The van der Waals surface area contributed by atoms with Gasteiger partial charge in [0.25, 0.3) is 0 Å². The Morgan fingerprint density at radius 3 is 2.67 bits per heavy atom. The van der Waals surface area contributed by atoms with Crippen molar-refractivity contribution >= 4 is 33.4 Å². The summed E-state index contributed by atoms with van der Waals surface area (Å²) in [4.78, 5) is 24.5. The van der Waals surface area contributed by atoms with Crippen molar-refractivity contribution < 1.29 is 9.59 Å². The van der Waals surface area contributed by atoms with Gasteiger partial charge in [-0.1, -0.05) is 18.2 Å². The van der Waals surface area contributed by atoms with Crippen LogP contribution >= 0.6 is 15.9 Å². The third-order valence-electron chi connectivity index (χ3n) is 2.28. The van der Waals surface area contributed by atoms with Crippen LogP contribution in [0.4, 0.5) is 5.69 Å². The molecule has 0 spiro atoms. The van der Waals surface area contributed by atoms with Gasteiger partial charge in [-0.2, -0.15) is 0 Å². The van der Waals surface area contributed by atoms with Crippen LogP contribution in [0.2, 0.25) is 0 Å². The molecule has 96 valence electrons. The number of nitrogens with zero attached hydrogens (tertiary/aromatic N) is 1. The molecule has 1 aromatic carbocycles. The maximum atomic E-state index is 11.8. The average molecular weight is 311 g/mol. The van der Waals surface area contributed by atoms with Crippen molar-refractivity contribution in [3.8, 4) is 0 Å². The molecule has 2 amide bonds. The third-order valence-corrected chi connectivity index (χ3v) is 2.97. The molecular weight excluding hydrogens is 296 g/mol. The topological polar surface area (TPSA) is 49.4 Å². The first-order chi connectivity index (χ1) is 8.54. The summed E-state index contributed by atoms with van der Waals surface area (Å²) in [6, 6.07) is 7.31. The molecule has 1 rings (SSSR count). The maximum absolute atomic E-state index is 11.8. The van der Waals surface area contributed by atoms with Crippen molar-refractivity contribution in [1.29, 1.82) is 0 Å². The van der Waals surface area contributed by atoms with Crippen LogP contribution in [0.15, 0.2) is 41.4 Å². The summed E-state index contributed by atoms with van der Waals surface area (Å²) >= 11 is 3.34. The van der Waals surface area contributed by atoms with Crippen LogP contribution in [-0.4, -0.2) is 29.8 Å². The van der Waals surface area contributed by atoms with E-state index in [9.17, 15) is 9.59 Å². The van der Waals surface area contributed by atoms with Gasteiger partial charge in [-0.15, -0.1) is 6.58 Å². The third kappa shape index (κ3) is 4.33.